The van der Waals surface area contributed by atoms with E-state index in [2.05, 4.69) is 45.2 Å². The van der Waals surface area contributed by atoms with E-state index in [1.54, 1.807) is 0 Å². The Morgan fingerprint density at radius 2 is 1.85 bits per heavy atom. The summed E-state index contributed by atoms with van der Waals surface area (Å²) in [6.45, 7) is 6.12. The van der Waals surface area contributed by atoms with Gasteiger partial charge in [-0.15, -0.1) is 0 Å². The van der Waals surface area contributed by atoms with E-state index in [4.69, 9.17) is 0 Å². The highest BCUT2D eigenvalue weighted by atomic mass is 15.2. The van der Waals surface area contributed by atoms with Crippen LogP contribution in [0.25, 0.3) is 0 Å². The summed E-state index contributed by atoms with van der Waals surface area (Å²) >= 11 is 0. The minimum atomic E-state index is 0.846. The molecular weight excluding hydrogens is 250 g/mol. The molecule has 0 amide bonds. The van der Waals surface area contributed by atoms with Crippen molar-refractivity contribution in [2.75, 3.05) is 50.5 Å². The predicted molar refractivity (Wildman–Crippen MR) is 84.5 cm³/mol. The third kappa shape index (κ3) is 4.63. The molecule has 5 heteroatoms. The van der Waals surface area contributed by atoms with Crippen LogP contribution in [0.15, 0.2) is 6.07 Å². The average Bonchev–Trinajstić information content (AvgIpc) is 2.66. The van der Waals surface area contributed by atoms with E-state index < -0.39 is 0 Å². The van der Waals surface area contributed by atoms with Crippen LogP contribution in [0.1, 0.15) is 31.5 Å². The van der Waals surface area contributed by atoms with Gasteiger partial charge in [-0.3, -0.25) is 0 Å². The highest BCUT2D eigenvalue weighted by Crippen LogP contribution is 2.20. The molecule has 20 heavy (non-hydrogen) atoms. The average molecular weight is 277 g/mol. The van der Waals surface area contributed by atoms with Gasteiger partial charge in [-0.2, -0.15) is 0 Å². The molecule has 0 atom stereocenters. The second kappa shape index (κ2) is 7.43. The molecule has 1 aromatic rings. The van der Waals surface area contributed by atoms with Crippen molar-refractivity contribution in [3.05, 3.63) is 11.9 Å². The zero-order chi connectivity index (χ0) is 14.4. The van der Waals surface area contributed by atoms with Crippen molar-refractivity contribution in [1.82, 2.24) is 14.9 Å². The standard InChI is InChI=1S/C15H27N5/c1-13-17-14(16-8-11-19(2)3)12-15(18-13)20-9-6-4-5-7-10-20/h12H,4-11H2,1-3H3,(H,16,17,18). The summed E-state index contributed by atoms with van der Waals surface area (Å²) in [6.07, 6.45) is 5.22. The maximum Gasteiger partial charge on any atom is 0.134 e. The largest absolute Gasteiger partial charge is 0.369 e. The lowest BCUT2D eigenvalue weighted by molar-refractivity contribution is 0.425. The third-order valence-corrected chi connectivity index (χ3v) is 3.62. The van der Waals surface area contributed by atoms with Crippen LogP contribution in [0.2, 0.25) is 0 Å². The van der Waals surface area contributed by atoms with E-state index >= 15 is 0 Å². The summed E-state index contributed by atoms with van der Waals surface area (Å²) < 4.78 is 0. The molecule has 112 valence electrons. The van der Waals surface area contributed by atoms with E-state index in [0.717, 1.165) is 43.6 Å². The normalized spacial score (nSPS) is 16.3. The highest BCUT2D eigenvalue weighted by molar-refractivity contribution is 5.49. The van der Waals surface area contributed by atoms with Crippen LogP contribution in [-0.2, 0) is 0 Å². The number of rotatable bonds is 5. The molecule has 1 aliphatic rings. The summed E-state index contributed by atoms with van der Waals surface area (Å²) in [7, 11) is 4.16. The summed E-state index contributed by atoms with van der Waals surface area (Å²) in [4.78, 5) is 13.7. The van der Waals surface area contributed by atoms with Gasteiger partial charge in [0.25, 0.3) is 0 Å². The molecule has 0 unspecified atom stereocenters. The predicted octanol–water partition coefficient (Wildman–Crippen LogP) is 2.14. The zero-order valence-corrected chi connectivity index (χ0v) is 13.0. The third-order valence-electron chi connectivity index (χ3n) is 3.62. The summed E-state index contributed by atoms with van der Waals surface area (Å²) in [5.41, 5.74) is 0. The minimum Gasteiger partial charge on any atom is -0.369 e. The quantitative estimate of drug-likeness (QED) is 0.893. The first-order valence-corrected chi connectivity index (χ1v) is 7.64. The minimum absolute atomic E-state index is 0.846. The first-order valence-electron chi connectivity index (χ1n) is 7.64. The molecule has 1 saturated heterocycles. The van der Waals surface area contributed by atoms with Crippen molar-refractivity contribution in [1.29, 1.82) is 0 Å². The lowest BCUT2D eigenvalue weighted by Crippen LogP contribution is -2.26. The van der Waals surface area contributed by atoms with E-state index in [9.17, 15) is 0 Å². The van der Waals surface area contributed by atoms with Gasteiger partial charge in [0, 0.05) is 32.2 Å². The van der Waals surface area contributed by atoms with Crippen molar-refractivity contribution < 1.29 is 0 Å². The SMILES string of the molecule is Cc1nc(NCCN(C)C)cc(N2CCCCCC2)n1. The van der Waals surface area contributed by atoms with Crippen LogP contribution in [-0.4, -0.2) is 55.1 Å². The zero-order valence-electron chi connectivity index (χ0n) is 13.0. The van der Waals surface area contributed by atoms with Crippen molar-refractivity contribution in [2.45, 2.75) is 32.6 Å². The molecule has 0 bridgehead atoms. The first-order chi connectivity index (χ1) is 9.65. The topological polar surface area (TPSA) is 44.3 Å². The second-order valence-electron chi connectivity index (χ2n) is 5.79. The summed E-state index contributed by atoms with van der Waals surface area (Å²) in [5, 5.41) is 3.39. The number of hydrogen-bond acceptors (Lipinski definition) is 5. The van der Waals surface area contributed by atoms with Crippen LogP contribution in [0.3, 0.4) is 0 Å². The lowest BCUT2D eigenvalue weighted by atomic mass is 10.2. The Morgan fingerprint density at radius 1 is 1.15 bits per heavy atom. The molecule has 1 aromatic heterocycles. The Balaban J connectivity index is 2.03. The van der Waals surface area contributed by atoms with Gasteiger partial charge in [0.2, 0.25) is 0 Å². The molecule has 0 saturated carbocycles. The van der Waals surface area contributed by atoms with Crippen LogP contribution >= 0.6 is 0 Å². The van der Waals surface area contributed by atoms with Crippen LogP contribution in [0, 0.1) is 6.92 Å². The monoisotopic (exact) mass is 277 g/mol. The number of anilines is 2. The summed E-state index contributed by atoms with van der Waals surface area (Å²) in [6, 6.07) is 2.09. The molecule has 0 aromatic carbocycles. The van der Waals surface area contributed by atoms with Gasteiger partial charge >= 0.3 is 0 Å². The first kappa shape index (κ1) is 15.0. The highest BCUT2D eigenvalue weighted by Gasteiger charge is 2.12. The number of likely N-dealkylation sites (N-methyl/N-ethyl adjacent to an activating group) is 1. The van der Waals surface area contributed by atoms with Crippen molar-refractivity contribution in [2.24, 2.45) is 0 Å². The molecule has 2 rings (SSSR count). The number of nitrogens with zero attached hydrogens (tertiary/aromatic N) is 4. The number of nitrogens with one attached hydrogen (secondary N) is 1. The summed E-state index contributed by atoms with van der Waals surface area (Å²) in [5.74, 6) is 2.87. The Labute approximate surface area is 122 Å². The molecule has 2 heterocycles. The smallest absolute Gasteiger partial charge is 0.134 e. The van der Waals surface area contributed by atoms with Gasteiger partial charge in [0.15, 0.2) is 0 Å². The van der Waals surface area contributed by atoms with E-state index in [1.165, 1.54) is 25.7 Å². The molecule has 0 spiro atoms. The van der Waals surface area contributed by atoms with Gasteiger partial charge in [0.1, 0.15) is 17.5 Å². The van der Waals surface area contributed by atoms with Gasteiger partial charge < -0.3 is 15.1 Å². The molecule has 1 N–H and O–H groups in total. The fourth-order valence-corrected chi connectivity index (χ4v) is 2.51. The van der Waals surface area contributed by atoms with Crippen LogP contribution < -0.4 is 10.2 Å². The molecule has 0 radical (unpaired) electrons. The maximum atomic E-state index is 4.61. The van der Waals surface area contributed by atoms with Crippen LogP contribution in [0.4, 0.5) is 11.6 Å². The van der Waals surface area contributed by atoms with E-state index in [1.807, 2.05) is 6.92 Å². The number of aromatic nitrogens is 2. The van der Waals surface area contributed by atoms with E-state index in [0.29, 0.717) is 0 Å². The van der Waals surface area contributed by atoms with Crippen molar-refractivity contribution in [3.8, 4) is 0 Å². The molecule has 5 nitrogen and oxygen atoms in total. The second-order valence-corrected chi connectivity index (χ2v) is 5.79. The van der Waals surface area contributed by atoms with Crippen LogP contribution in [0.5, 0.6) is 0 Å². The molecule has 1 aliphatic heterocycles. The molecule has 0 aliphatic carbocycles. The molecule has 1 fully saturated rings. The number of hydrogen-bond donors (Lipinski definition) is 1. The Kier molecular flexibility index (Phi) is 5.59. The van der Waals surface area contributed by atoms with Gasteiger partial charge in [-0.25, -0.2) is 9.97 Å². The Morgan fingerprint density at radius 3 is 2.50 bits per heavy atom. The maximum absolute atomic E-state index is 4.61. The Bertz CT molecular complexity index is 411. The van der Waals surface area contributed by atoms with Gasteiger partial charge in [-0.1, -0.05) is 12.8 Å². The Hall–Kier alpha value is -1.36. The van der Waals surface area contributed by atoms with E-state index in [-0.39, 0.29) is 0 Å². The molecular formula is C15H27N5. The number of aryl methyl sites for hydroxylation is 1. The van der Waals surface area contributed by atoms with Crippen molar-refractivity contribution >= 4 is 11.6 Å². The van der Waals surface area contributed by atoms with Gasteiger partial charge in [0.05, 0.1) is 0 Å². The fourth-order valence-electron chi connectivity index (χ4n) is 2.51. The van der Waals surface area contributed by atoms with Crippen molar-refractivity contribution in [3.63, 3.8) is 0 Å². The fraction of sp³-hybridized carbons (Fsp3) is 0.733. The van der Waals surface area contributed by atoms with Gasteiger partial charge in [-0.05, 0) is 33.9 Å². The lowest BCUT2D eigenvalue weighted by Gasteiger charge is -2.22.